The zero-order chi connectivity index (χ0) is 25.9. The minimum atomic E-state index is -0.363. The number of nitrogens with zero attached hydrogens (tertiary/aromatic N) is 4. The first-order valence-electron chi connectivity index (χ1n) is 12.2. The molecule has 9 nitrogen and oxygen atoms in total. The number of amides is 1. The van der Waals surface area contributed by atoms with Crippen LogP contribution in [0.3, 0.4) is 0 Å². The van der Waals surface area contributed by atoms with Crippen LogP contribution in [0.4, 0.5) is 23.4 Å². The molecule has 1 amide bonds. The summed E-state index contributed by atoms with van der Waals surface area (Å²) >= 11 is 0. The number of aromatic nitrogens is 4. The van der Waals surface area contributed by atoms with Crippen molar-refractivity contribution in [1.29, 1.82) is 0 Å². The van der Waals surface area contributed by atoms with Crippen LogP contribution in [-0.2, 0) is 9.53 Å². The minimum absolute atomic E-state index is 0.174. The van der Waals surface area contributed by atoms with Gasteiger partial charge >= 0.3 is 0 Å². The zero-order valence-electron chi connectivity index (χ0n) is 21.5. The lowest BCUT2D eigenvalue weighted by molar-refractivity contribution is -0.119. The van der Waals surface area contributed by atoms with Crippen LogP contribution in [0, 0.1) is 6.92 Å². The molecule has 0 saturated heterocycles. The molecule has 0 saturated carbocycles. The number of benzene rings is 1. The lowest BCUT2D eigenvalue weighted by atomic mass is 10.2. The highest BCUT2D eigenvalue weighted by atomic mass is 16.5. The highest BCUT2D eigenvalue weighted by Gasteiger charge is 2.19. The lowest BCUT2D eigenvalue weighted by Gasteiger charge is -2.23. The number of rotatable bonds is 13. The van der Waals surface area contributed by atoms with Gasteiger partial charge in [-0.25, -0.2) is 0 Å². The Morgan fingerprint density at radius 1 is 1.19 bits per heavy atom. The maximum Gasteiger partial charge on any atom is 0.264 e. The number of aryl methyl sites for hydroxylation is 1. The number of H-pyrrole nitrogens is 1. The van der Waals surface area contributed by atoms with Crippen molar-refractivity contribution in [3.05, 3.63) is 66.5 Å². The molecule has 0 fully saturated rings. The van der Waals surface area contributed by atoms with E-state index in [-0.39, 0.29) is 18.5 Å². The maximum atomic E-state index is 12.6. The number of carbonyl (C=O) groups is 1. The Morgan fingerprint density at radius 2 is 1.97 bits per heavy atom. The van der Waals surface area contributed by atoms with Crippen LogP contribution >= 0.6 is 0 Å². The number of nitrogens with one attached hydrogen (secondary N) is 3. The van der Waals surface area contributed by atoms with Crippen LogP contribution < -0.4 is 15.5 Å². The molecule has 0 radical (unpaired) electrons. The van der Waals surface area contributed by atoms with E-state index < -0.39 is 0 Å². The number of anilines is 4. The van der Waals surface area contributed by atoms with E-state index in [1.807, 2.05) is 38.1 Å². The smallest absolute Gasteiger partial charge is 0.264 e. The van der Waals surface area contributed by atoms with E-state index in [1.165, 1.54) is 0 Å². The van der Waals surface area contributed by atoms with Crippen LogP contribution in [0.25, 0.3) is 11.2 Å². The van der Waals surface area contributed by atoms with Gasteiger partial charge in [0.25, 0.3) is 5.91 Å². The van der Waals surface area contributed by atoms with E-state index in [9.17, 15) is 4.79 Å². The molecule has 190 valence electrons. The van der Waals surface area contributed by atoms with E-state index >= 15 is 0 Å². The Kier molecular flexibility index (Phi) is 9.62. The molecule has 0 aliphatic heterocycles. The van der Waals surface area contributed by atoms with E-state index in [2.05, 4.69) is 50.9 Å². The van der Waals surface area contributed by atoms with E-state index in [0.29, 0.717) is 28.7 Å². The number of allylic oxidation sites excluding steroid dienone is 4. The van der Waals surface area contributed by atoms with Gasteiger partial charge in [0.05, 0.1) is 0 Å². The van der Waals surface area contributed by atoms with Gasteiger partial charge < -0.3 is 19.9 Å². The third-order valence-corrected chi connectivity index (χ3v) is 5.20. The number of aromatic amines is 1. The van der Waals surface area contributed by atoms with Gasteiger partial charge in [0.2, 0.25) is 11.9 Å². The maximum absolute atomic E-state index is 12.6. The average molecular weight is 490 g/mol. The van der Waals surface area contributed by atoms with Crippen LogP contribution in [0.15, 0.2) is 60.9 Å². The van der Waals surface area contributed by atoms with Gasteiger partial charge in [-0.2, -0.15) is 15.0 Å². The molecule has 2 heterocycles. The molecule has 3 rings (SSSR count). The predicted octanol–water partition coefficient (Wildman–Crippen LogP) is 5.63. The highest BCUT2D eigenvalue weighted by Crippen LogP contribution is 2.27. The number of carbonyl (C=O) groups excluding carboxylic acids is 1. The molecule has 0 aliphatic carbocycles. The number of ether oxygens (including phenoxy) is 1. The number of hydrogen-bond donors (Lipinski definition) is 3. The molecule has 1 aromatic carbocycles. The predicted molar refractivity (Wildman–Crippen MR) is 147 cm³/mol. The SMILES string of the molecule is C=C/C=C\C(=C/C)OCC(=O)Nc1nc(N(CCC)CCC)c2[nH]c(Nc3cccc(C)c3)nc2n1. The monoisotopic (exact) mass is 489 g/mol. The first-order chi connectivity index (χ1) is 17.5. The van der Waals surface area contributed by atoms with Crippen molar-refractivity contribution in [3.63, 3.8) is 0 Å². The van der Waals surface area contributed by atoms with Crippen molar-refractivity contribution in [3.8, 4) is 0 Å². The Labute approximate surface area is 212 Å². The fourth-order valence-electron chi connectivity index (χ4n) is 3.65. The van der Waals surface area contributed by atoms with Gasteiger partial charge in [-0.3, -0.25) is 10.1 Å². The second-order valence-corrected chi connectivity index (χ2v) is 8.26. The highest BCUT2D eigenvalue weighted by molar-refractivity contribution is 5.93. The summed E-state index contributed by atoms with van der Waals surface area (Å²) in [5.74, 6) is 1.64. The second kappa shape index (κ2) is 13.1. The Morgan fingerprint density at radius 3 is 2.64 bits per heavy atom. The molecular formula is C27H35N7O2. The Hall–Kier alpha value is -4.14. The standard InChI is InChI=1S/C27H35N7O2/c1-6-10-14-21(9-4)36-18-22(35)29-27-32-24-23(25(33-27)34(15-7-2)16-8-3)30-26(31-24)28-20-13-11-12-19(5)17-20/h6,9-14,17H,1,7-8,15-16,18H2,2-5H3,(H3,28,29,30,31,32,33,35)/b14-10-,21-9+. The lowest BCUT2D eigenvalue weighted by Crippen LogP contribution is -2.27. The Balaban J connectivity index is 1.90. The van der Waals surface area contributed by atoms with Crippen LogP contribution in [0.1, 0.15) is 39.2 Å². The largest absolute Gasteiger partial charge is 0.484 e. The van der Waals surface area contributed by atoms with E-state index in [0.717, 1.165) is 37.2 Å². The van der Waals surface area contributed by atoms with Gasteiger partial charge in [-0.1, -0.05) is 44.7 Å². The van der Waals surface area contributed by atoms with Crippen molar-refractivity contribution >= 4 is 40.5 Å². The molecular weight excluding hydrogens is 454 g/mol. The molecule has 2 aromatic heterocycles. The molecule has 0 aliphatic rings. The molecule has 3 N–H and O–H groups in total. The topological polar surface area (TPSA) is 108 Å². The molecule has 9 heteroatoms. The quantitative estimate of drug-likeness (QED) is 0.211. The van der Waals surface area contributed by atoms with Crippen molar-refractivity contribution in [2.75, 3.05) is 35.2 Å². The Bertz CT molecular complexity index is 1240. The summed E-state index contributed by atoms with van der Waals surface area (Å²) in [4.78, 5) is 32.0. The summed E-state index contributed by atoms with van der Waals surface area (Å²) in [7, 11) is 0. The minimum Gasteiger partial charge on any atom is -0.484 e. The fraction of sp³-hybridized carbons (Fsp3) is 0.333. The van der Waals surface area contributed by atoms with Crippen molar-refractivity contribution < 1.29 is 9.53 Å². The van der Waals surface area contributed by atoms with Gasteiger partial charge in [0.15, 0.2) is 18.1 Å². The number of imidazole rings is 1. The van der Waals surface area contributed by atoms with Gasteiger partial charge in [0.1, 0.15) is 11.3 Å². The van der Waals surface area contributed by atoms with Gasteiger partial charge in [-0.05, 0) is 56.5 Å². The fourth-order valence-corrected chi connectivity index (χ4v) is 3.65. The van der Waals surface area contributed by atoms with Crippen LogP contribution in [-0.4, -0.2) is 45.5 Å². The molecule has 3 aromatic rings. The molecule has 0 spiro atoms. The van der Waals surface area contributed by atoms with Crippen molar-refractivity contribution in [2.24, 2.45) is 0 Å². The summed E-state index contributed by atoms with van der Waals surface area (Å²) in [5.41, 5.74) is 3.24. The van der Waals surface area contributed by atoms with Crippen molar-refractivity contribution in [2.45, 2.75) is 40.5 Å². The van der Waals surface area contributed by atoms with Crippen LogP contribution in [0.2, 0.25) is 0 Å². The first kappa shape index (κ1) is 26.5. The normalized spacial score (nSPS) is 11.6. The third kappa shape index (κ3) is 7.18. The molecule has 0 bridgehead atoms. The zero-order valence-corrected chi connectivity index (χ0v) is 21.5. The van der Waals surface area contributed by atoms with Crippen LogP contribution in [0.5, 0.6) is 0 Å². The number of hydrogen-bond acceptors (Lipinski definition) is 7. The molecule has 0 unspecified atom stereocenters. The van der Waals surface area contributed by atoms with Gasteiger partial charge in [0, 0.05) is 18.8 Å². The molecule has 0 atom stereocenters. The first-order valence-corrected chi connectivity index (χ1v) is 12.2. The average Bonchev–Trinajstić information content (AvgIpc) is 3.25. The van der Waals surface area contributed by atoms with Crippen molar-refractivity contribution in [1.82, 2.24) is 19.9 Å². The summed E-state index contributed by atoms with van der Waals surface area (Å²) in [6.07, 6.45) is 8.80. The summed E-state index contributed by atoms with van der Waals surface area (Å²) in [5, 5.41) is 6.06. The van der Waals surface area contributed by atoms with Gasteiger partial charge in [-0.15, -0.1) is 0 Å². The summed E-state index contributed by atoms with van der Waals surface area (Å²) < 4.78 is 5.57. The third-order valence-electron chi connectivity index (χ3n) is 5.20. The number of fused-ring (bicyclic) bond motifs is 1. The summed E-state index contributed by atoms with van der Waals surface area (Å²) in [6, 6.07) is 8.03. The molecule has 36 heavy (non-hydrogen) atoms. The van der Waals surface area contributed by atoms with E-state index in [1.54, 1.807) is 24.3 Å². The second-order valence-electron chi connectivity index (χ2n) is 8.26. The summed E-state index contributed by atoms with van der Waals surface area (Å²) in [6.45, 7) is 13.2. The van der Waals surface area contributed by atoms with E-state index in [4.69, 9.17) is 9.72 Å².